The third-order valence-electron chi connectivity index (χ3n) is 31.5. The van der Waals surface area contributed by atoms with Crippen LogP contribution < -0.4 is 0 Å². The Balaban J connectivity index is 0.000000109. The molecule has 0 heteroatoms. The van der Waals surface area contributed by atoms with E-state index in [2.05, 4.69) is 492 Å². The minimum Gasteiger partial charge on any atom is -0.0622 e. The zero-order chi connectivity index (χ0) is 103. The first kappa shape index (κ1) is 81.2. The average Bonchev–Trinajstić information content (AvgIpc) is 0.713. The number of aryl methyl sites for hydroxylation is 1. The summed E-state index contributed by atoms with van der Waals surface area (Å²) in [4.78, 5) is 0. The van der Waals surface area contributed by atoms with Gasteiger partial charge in [0.25, 0.3) is 0 Å². The Morgan fingerprint density at radius 2 is 0.362 bits per heavy atom. The van der Waals surface area contributed by atoms with Crippen LogP contribution in [0.4, 0.5) is 0 Å². The van der Waals surface area contributed by atoms with Gasteiger partial charge in [-0.05, 0) is 355 Å². The molecule has 0 N–H and O–H groups in total. The Morgan fingerprint density at radius 1 is 0.121 bits per heavy atom. The Hall–Kier alpha value is -19.2. The maximum Gasteiger partial charge on any atom is 0.0629 e. The minimum absolute atomic E-state index is 0.198. The molecular formula is C149H94. The van der Waals surface area contributed by atoms with Crippen molar-refractivity contribution < 1.29 is 6.85 Å². The first-order chi connectivity index (χ1) is 75.9. The molecule has 31 aromatic carbocycles. The van der Waals surface area contributed by atoms with Crippen LogP contribution in [0.1, 0.15) is 12.4 Å². The lowest BCUT2D eigenvalue weighted by molar-refractivity contribution is 1.47. The third kappa shape index (κ3) is 14.6. The van der Waals surface area contributed by atoms with Crippen LogP contribution in [0, 0.1) is 6.92 Å². The molecule has 0 nitrogen and oxygen atoms in total. The lowest BCUT2D eigenvalue weighted by Crippen LogP contribution is -1.93. The van der Waals surface area contributed by atoms with E-state index in [0.717, 1.165) is 54.6 Å². The SMILES string of the molecule is [2H]c1c([2H])c([2H])c(-c2c3ccccc3c(-c3cc(-c4ccc(C)cc4)cc4ccccc34)c3ccccc23)c([2H])c1[2H].c1ccc2c(-c3ccc(-c4cc(-c5c6ccccc6c(-c6ccc7ccc8cccc9ccc6c7c89)c6ccccc56)c5ccccc5c4)cc3)cccc2c1.c1ccc2cc(-c3ccc(-c4cc(-c5c6ccccc6c(-c6ccc7ccc8cccc9ccc6c7c89)c6ccccc56)c5ccccc5c4)cc3)ccc2c1. The molecule has 0 saturated heterocycles. The summed E-state index contributed by atoms with van der Waals surface area (Å²) in [5.41, 5.74) is 26.5. The quantitative estimate of drug-likeness (QED) is 0.0894. The second-order valence-electron chi connectivity index (χ2n) is 39.8. The fourth-order valence-corrected chi connectivity index (χ4v) is 24.7. The number of rotatable bonds is 11. The topological polar surface area (TPSA) is 0 Å². The van der Waals surface area contributed by atoms with Crippen LogP contribution in [-0.2, 0) is 0 Å². The highest BCUT2D eigenvalue weighted by Gasteiger charge is 2.27. The van der Waals surface area contributed by atoms with Gasteiger partial charge in [0, 0.05) is 0 Å². The summed E-state index contributed by atoms with van der Waals surface area (Å²) in [6.45, 7) is 2.09. The first-order valence-electron chi connectivity index (χ1n) is 54.0. The molecule has 0 saturated carbocycles. The van der Waals surface area contributed by atoms with E-state index in [1.807, 2.05) is 36.4 Å². The van der Waals surface area contributed by atoms with Crippen molar-refractivity contribution in [3.8, 4) is 122 Å². The molecule has 0 bridgehead atoms. The fourth-order valence-electron chi connectivity index (χ4n) is 24.7. The molecule has 0 aliphatic carbocycles. The van der Waals surface area contributed by atoms with Gasteiger partial charge in [0.2, 0.25) is 0 Å². The Bertz CT molecular complexity index is 11000. The third-order valence-corrected chi connectivity index (χ3v) is 31.5. The summed E-state index contributed by atoms with van der Waals surface area (Å²) in [5.74, 6) is 0. The number of hydrogen-bond donors (Lipinski definition) is 0. The first-order valence-corrected chi connectivity index (χ1v) is 51.5. The second kappa shape index (κ2) is 35.7. The Morgan fingerprint density at radius 3 is 0.738 bits per heavy atom. The maximum atomic E-state index is 8.81. The zero-order valence-corrected chi connectivity index (χ0v) is 81.7. The molecule has 0 amide bonds. The highest BCUT2D eigenvalue weighted by atomic mass is 14.3. The van der Waals surface area contributed by atoms with E-state index in [0.29, 0.717) is 5.56 Å². The molecule has 0 aliphatic heterocycles. The molecule has 31 rings (SSSR count). The van der Waals surface area contributed by atoms with Crippen molar-refractivity contribution in [2.45, 2.75) is 6.92 Å². The molecule has 0 radical (unpaired) electrons. The Kier molecular flexibility index (Phi) is 19.4. The smallest absolute Gasteiger partial charge is 0.0622 e. The fraction of sp³-hybridized carbons (Fsp3) is 0.00671. The van der Waals surface area contributed by atoms with Crippen molar-refractivity contribution >= 4 is 183 Å². The summed E-state index contributed by atoms with van der Waals surface area (Å²) >= 11 is 0. The highest BCUT2D eigenvalue weighted by Crippen LogP contribution is 2.55. The van der Waals surface area contributed by atoms with Crippen LogP contribution in [0.3, 0.4) is 0 Å². The minimum atomic E-state index is -0.390. The van der Waals surface area contributed by atoms with Crippen molar-refractivity contribution in [3.05, 3.63) is 557 Å². The lowest BCUT2D eigenvalue weighted by Gasteiger charge is -2.21. The highest BCUT2D eigenvalue weighted by molar-refractivity contribution is 6.34. The van der Waals surface area contributed by atoms with E-state index in [9.17, 15) is 0 Å². The summed E-state index contributed by atoms with van der Waals surface area (Å²) in [6.07, 6.45) is 0. The molecule has 0 heterocycles. The summed E-state index contributed by atoms with van der Waals surface area (Å²) in [6, 6.07) is 189. The summed E-state index contributed by atoms with van der Waals surface area (Å²) in [7, 11) is 0. The average molecular weight is 1890 g/mol. The van der Waals surface area contributed by atoms with Crippen LogP contribution in [0.25, 0.3) is 306 Å². The van der Waals surface area contributed by atoms with Crippen molar-refractivity contribution in [1.29, 1.82) is 0 Å². The molecular weight excluding hydrogens is 1790 g/mol. The van der Waals surface area contributed by atoms with E-state index in [1.54, 1.807) is 0 Å². The number of benzene rings is 31. The predicted molar refractivity (Wildman–Crippen MR) is 644 cm³/mol. The van der Waals surface area contributed by atoms with Crippen LogP contribution in [0.15, 0.2) is 552 Å². The largest absolute Gasteiger partial charge is 0.0629 e. The van der Waals surface area contributed by atoms with E-state index < -0.39 is 6.04 Å². The van der Waals surface area contributed by atoms with Gasteiger partial charge in [-0.1, -0.05) is 515 Å². The zero-order valence-electron chi connectivity index (χ0n) is 86.7. The monoisotopic (exact) mass is 1890 g/mol. The van der Waals surface area contributed by atoms with Crippen molar-refractivity contribution in [1.82, 2.24) is 0 Å². The summed E-state index contributed by atoms with van der Waals surface area (Å²) < 4.78 is 42.5. The van der Waals surface area contributed by atoms with Gasteiger partial charge in [-0.2, -0.15) is 0 Å². The van der Waals surface area contributed by atoms with Gasteiger partial charge in [0.15, 0.2) is 0 Å². The number of hydrogen-bond acceptors (Lipinski definition) is 0. The van der Waals surface area contributed by atoms with E-state index >= 15 is 0 Å². The van der Waals surface area contributed by atoms with Crippen molar-refractivity contribution in [3.63, 3.8) is 0 Å². The molecule has 0 atom stereocenters. The van der Waals surface area contributed by atoms with Crippen molar-refractivity contribution in [2.75, 3.05) is 0 Å². The van der Waals surface area contributed by atoms with E-state index in [1.165, 1.54) is 245 Å². The maximum absolute atomic E-state index is 8.81. The van der Waals surface area contributed by atoms with E-state index in [4.69, 9.17) is 6.85 Å². The van der Waals surface area contributed by atoms with Crippen LogP contribution in [-0.4, -0.2) is 0 Å². The normalized spacial score (nSPS) is 12.3. The van der Waals surface area contributed by atoms with Gasteiger partial charge in [-0.25, -0.2) is 0 Å². The van der Waals surface area contributed by atoms with Gasteiger partial charge in [0.1, 0.15) is 0 Å². The van der Waals surface area contributed by atoms with Crippen LogP contribution >= 0.6 is 0 Å². The molecule has 0 aromatic heterocycles. The standard InChI is InChI=1S/2C56H34.C37H26/c1-3-16-43-36(11-1)13-10-22-44(43)37-25-23-35(24-26-37)42-33-41-12-2-4-17-45(41)52(34-42)56-48-20-7-5-18-46(48)55(47-19-6-8-21-49(47)56)51-32-30-40-28-27-38-14-9-15-39-29-31-50(51)54(40)53(38)39;1-2-11-41-32-42(27-24-35(41)10-1)36-20-22-37(23-21-36)44-33-43-12-3-4-15-45(43)52(34-44)56-48-18-7-5-16-46(48)55(47-17-6-8-19-49(47)56)51-31-29-40-26-25-38-13-9-14-39-28-30-50(51)54(40)53(38)39;1-25-19-21-26(22-20-25)29-23-28-13-5-6-14-30(28)35(24-29)37-33-17-9-7-15-31(33)36(27-11-3-2-4-12-27)32-16-8-10-18-34(32)37/h2*1-34H;2-24H,1H3/i;;2D,3D,4D,11D,12D. The van der Waals surface area contributed by atoms with Gasteiger partial charge < -0.3 is 0 Å². The summed E-state index contributed by atoms with van der Waals surface area (Å²) in [5, 5.41) is 41.8. The van der Waals surface area contributed by atoms with Crippen LogP contribution in [0.5, 0.6) is 0 Å². The van der Waals surface area contributed by atoms with E-state index in [-0.39, 0.29) is 29.7 Å². The molecule has 149 heavy (non-hydrogen) atoms. The van der Waals surface area contributed by atoms with Gasteiger partial charge >= 0.3 is 0 Å². The Labute approximate surface area is 870 Å². The molecule has 0 spiro atoms. The predicted octanol–water partition coefficient (Wildman–Crippen LogP) is 42.2. The molecule has 0 aliphatic rings. The molecule has 0 unspecified atom stereocenters. The van der Waals surface area contributed by atoms with Gasteiger partial charge in [-0.3, -0.25) is 0 Å². The molecule has 31 aromatic rings. The van der Waals surface area contributed by atoms with Gasteiger partial charge in [-0.15, -0.1) is 0 Å². The molecule has 0 fully saturated rings. The number of fused-ring (bicyclic) bond motifs is 11. The molecule has 690 valence electrons. The lowest BCUT2D eigenvalue weighted by atomic mass is 9.82. The van der Waals surface area contributed by atoms with Gasteiger partial charge in [0.05, 0.1) is 6.85 Å². The second-order valence-corrected chi connectivity index (χ2v) is 39.8. The van der Waals surface area contributed by atoms with Crippen LogP contribution in [0.2, 0.25) is 0 Å². The van der Waals surface area contributed by atoms with Crippen molar-refractivity contribution in [2.24, 2.45) is 0 Å².